The van der Waals surface area contributed by atoms with Gasteiger partial charge in [0.05, 0.1) is 0 Å². The van der Waals surface area contributed by atoms with Gasteiger partial charge in [0.15, 0.2) is 0 Å². The molecule has 0 spiro atoms. The largest absolute Gasteiger partial charge is 0 e. The van der Waals surface area contributed by atoms with Crippen LogP contribution in [0.4, 0.5) is 0 Å². The smallest absolute Gasteiger partial charge is 0 e. The molecule has 0 saturated heterocycles. The molecule has 0 aliphatic carbocycles. The molecule has 0 aromatic rings. The Labute approximate surface area is 95.9 Å². The third-order valence-corrected chi connectivity index (χ3v) is 0. The summed E-state index contributed by atoms with van der Waals surface area (Å²) in [6.07, 6.45) is 0. The zero-order valence-corrected chi connectivity index (χ0v) is 13.8. The Balaban J connectivity index is -0.00000000750. The van der Waals surface area contributed by atoms with Crippen LogP contribution in [0.2, 0.25) is 0 Å². The van der Waals surface area contributed by atoms with Crippen molar-refractivity contribution in [3.63, 3.8) is 0 Å². The minimum absolute atomic E-state index is 0. The fourth-order valence-corrected chi connectivity index (χ4v) is 0. The molecular weight excluding hydrogens is 263 g/mol. The van der Waals surface area contributed by atoms with Gasteiger partial charge in [-0.1, -0.05) is 0 Å². The van der Waals surface area contributed by atoms with Crippen molar-refractivity contribution in [1.29, 1.82) is 0 Å². The Hall–Kier alpha value is 1.89. The summed E-state index contributed by atoms with van der Waals surface area (Å²) in [7, 11) is 0. The molecule has 34 valence electrons. The second-order valence-corrected chi connectivity index (χ2v) is 0.519. The van der Waals surface area contributed by atoms with E-state index in [4.69, 9.17) is 9.90 Å². The first kappa shape index (κ1) is 23.1. The number of hydrogen-bond acceptors (Lipinski definition) is 1. The molecule has 0 aliphatic rings. The maximum atomic E-state index is 9.00. The van der Waals surface area contributed by atoms with Gasteiger partial charge in [-0.3, -0.25) is 4.79 Å². The molecule has 0 rings (SSSR count). The van der Waals surface area contributed by atoms with Crippen molar-refractivity contribution in [2.75, 3.05) is 0 Å². The van der Waals surface area contributed by atoms with E-state index in [1.807, 2.05) is 0 Å². The molecule has 0 saturated carbocycles. The van der Waals surface area contributed by atoms with Crippen molar-refractivity contribution in [3.8, 4) is 0 Å². The Bertz CT molecular complexity index is 43.0. The van der Waals surface area contributed by atoms with Gasteiger partial charge in [-0.25, -0.2) is 0 Å². The quantitative estimate of drug-likeness (QED) is 0.460. The first-order valence-electron chi connectivity index (χ1n) is 0.928. The zero-order chi connectivity index (χ0) is 3.58. The molecule has 5 heteroatoms. The number of carboxylic acid groups (broad SMARTS) is 1. The summed E-state index contributed by atoms with van der Waals surface area (Å²) in [4.78, 5) is 9.00. The molecular formula is C2H7NaO2SnZn. The first-order valence-corrected chi connectivity index (χ1v) is 0.928. The van der Waals surface area contributed by atoms with Gasteiger partial charge in [-0.15, -0.1) is 0 Å². The Morgan fingerprint density at radius 1 is 1.71 bits per heavy atom. The van der Waals surface area contributed by atoms with Gasteiger partial charge in [0.2, 0.25) is 0 Å². The monoisotopic (exact) mass is 270 g/mol. The Morgan fingerprint density at radius 3 is 1.71 bits per heavy atom. The maximum Gasteiger partial charge on any atom is 0 e. The predicted molar refractivity (Wildman–Crippen MR) is 23.0 cm³/mol. The van der Waals surface area contributed by atoms with E-state index < -0.39 is 5.97 Å². The summed E-state index contributed by atoms with van der Waals surface area (Å²) < 4.78 is 0. The molecule has 0 bridgehead atoms. The number of aliphatic carboxylic acids is 1. The second kappa shape index (κ2) is 15.7. The molecule has 0 aliphatic heterocycles. The number of carboxylic acids is 1. The van der Waals surface area contributed by atoms with E-state index in [0.29, 0.717) is 0 Å². The SMILES string of the molecule is CC(=O)O.[H-].[Na+].[SnH2].[Zn]. The molecule has 0 aromatic heterocycles. The van der Waals surface area contributed by atoms with E-state index in [-0.39, 0.29) is 74.4 Å². The molecule has 0 unspecified atom stereocenters. The topological polar surface area (TPSA) is 37.3 Å². The first-order chi connectivity index (χ1) is 1.73. The van der Waals surface area contributed by atoms with Crippen molar-refractivity contribution in [1.82, 2.24) is 0 Å². The van der Waals surface area contributed by atoms with Gasteiger partial charge in [0, 0.05) is 26.4 Å². The van der Waals surface area contributed by atoms with E-state index in [9.17, 15) is 0 Å². The van der Waals surface area contributed by atoms with Crippen LogP contribution in [0.3, 0.4) is 0 Å². The van der Waals surface area contributed by atoms with Gasteiger partial charge in [0.1, 0.15) is 0 Å². The van der Waals surface area contributed by atoms with Crippen LogP contribution in [0.15, 0.2) is 0 Å². The fourth-order valence-electron chi connectivity index (χ4n) is 0. The van der Waals surface area contributed by atoms with Gasteiger partial charge in [-0.2, -0.15) is 0 Å². The van der Waals surface area contributed by atoms with Crippen molar-refractivity contribution >= 4 is 29.9 Å². The Morgan fingerprint density at radius 2 is 1.71 bits per heavy atom. The van der Waals surface area contributed by atoms with E-state index in [0.717, 1.165) is 6.92 Å². The number of hydrogen-bond donors (Lipinski definition) is 1. The molecule has 7 heavy (non-hydrogen) atoms. The molecule has 0 heterocycles. The molecule has 0 amide bonds. The van der Waals surface area contributed by atoms with E-state index in [1.54, 1.807) is 0 Å². The summed E-state index contributed by atoms with van der Waals surface area (Å²) in [6.45, 7) is 1.08. The summed E-state index contributed by atoms with van der Waals surface area (Å²) >= 11 is 0. The average Bonchev–Trinajstić information content (AvgIpc) is 0.811. The van der Waals surface area contributed by atoms with Crippen LogP contribution in [0, 0.1) is 0 Å². The van der Waals surface area contributed by atoms with Crippen LogP contribution < -0.4 is 29.6 Å². The summed E-state index contributed by atoms with van der Waals surface area (Å²) in [5.41, 5.74) is 0. The summed E-state index contributed by atoms with van der Waals surface area (Å²) in [6, 6.07) is 0. The Kier molecular flexibility index (Phi) is 51.8. The van der Waals surface area contributed by atoms with E-state index in [1.165, 1.54) is 0 Å². The van der Waals surface area contributed by atoms with Crippen LogP contribution >= 0.6 is 0 Å². The van der Waals surface area contributed by atoms with E-state index in [2.05, 4.69) is 0 Å². The molecule has 2 nitrogen and oxygen atoms in total. The van der Waals surface area contributed by atoms with Crippen LogP contribution in [-0.2, 0) is 24.3 Å². The van der Waals surface area contributed by atoms with Crippen LogP contribution in [0.1, 0.15) is 8.35 Å². The average molecular weight is 270 g/mol. The third kappa shape index (κ3) is 76.5. The molecule has 0 aromatic carbocycles. The molecule has 0 atom stereocenters. The van der Waals surface area contributed by atoms with Crippen molar-refractivity contribution < 1.29 is 60.4 Å². The standard InChI is InChI=1S/C2H4O2.Na.Sn.Zn.3H/c1-2(3)4;;;;;;/h1H3,(H,3,4);;;;;;/q;+1;;;;;-1. The van der Waals surface area contributed by atoms with Crippen LogP contribution in [-0.4, -0.2) is 35.0 Å². The predicted octanol–water partition coefficient (Wildman–Crippen LogP) is -3.71. The zero-order valence-electron chi connectivity index (χ0n) is 5.77. The summed E-state index contributed by atoms with van der Waals surface area (Å²) in [5.74, 6) is -0.833. The number of carbonyl (C=O) groups is 1. The van der Waals surface area contributed by atoms with Crippen molar-refractivity contribution in [3.05, 3.63) is 0 Å². The summed E-state index contributed by atoms with van der Waals surface area (Å²) in [5, 5.41) is 7.42. The van der Waals surface area contributed by atoms with Crippen molar-refractivity contribution in [2.24, 2.45) is 0 Å². The minimum atomic E-state index is -0.833. The van der Waals surface area contributed by atoms with Gasteiger partial charge in [0.25, 0.3) is 5.97 Å². The minimum Gasteiger partial charge on any atom is 0 e. The van der Waals surface area contributed by atoms with Gasteiger partial charge < -0.3 is 6.53 Å². The van der Waals surface area contributed by atoms with Crippen LogP contribution in [0.25, 0.3) is 0 Å². The maximum absolute atomic E-state index is 9.00. The fraction of sp³-hybridized carbons (Fsp3) is 0.500. The van der Waals surface area contributed by atoms with Crippen molar-refractivity contribution in [2.45, 2.75) is 6.92 Å². The van der Waals surface area contributed by atoms with Gasteiger partial charge in [-0.05, 0) is 0 Å². The molecule has 0 fully saturated rings. The van der Waals surface area contributed by atoms with E-state index >= 15 is 0 Å². The molecule has 1 N–H and O–H groups in total. The third-order valence-electron chi connectivity index (χ3n) is 0. The van der Waals surface area contributed by atoms with Gasteiger partial charge >= 0.3 is 53.5 Å². The normalized spacial score (nSPS) is 3.57. The van der Waals surface area contributed by atoms with Crippen LogP contribution in [0.5, 0.6) is 0 Å². The number of rotatable bonds is 0. The second-order valence-electron chi connectivity index (χ2n) is 0.519. The molecule has 2 radical (unpaired) electrons.